The molecule has 0 unspecified atom stereocenters. The summed E-state index contributed by atoms with van der Waals surface area (Å²) < 4.78 is 24.6. The van der Waals surface area contributed by atoms with Crippen LogP contribution in [0, 0.1) is 0 Å². The van der Waals surface area contributed by atoms with E-state index in [4.69, 9.17) is 5.84 Å². The molecule has 0 saturated heterocycles. The van der Waals surface area contributed by atoms with Crippen LogP contribution in [0.4, 0.5) is 5.13 Å². The second-order valence-electron chi connectivity index (χ2n) is 5.08. The van der Waals surface area contributed by atoms with Crippen molar-refractivity contribution in [3.63, 3.8) is 0 Å². The number of nitrogens with one attached hydrogen (secondary N) is 2. The third kappa shape index (κ3) is 5.97. The lowest BCUT2D eigenvalue weighted by Gasteiger charge is -2.03. The minimum Gasteiger partial charge on any atom is -0.294 e. The molecule has 0 spiro atoms. The number of sulfonamides is 1. The summed E-state index contributed by atoms with van der Waals surface area (Å²) in [6, 6.07) is 7.70. The molecule has 1 aromatic carbocycles. The molecule has 124 valence electrons. The van der Waals surface area contributed by atoms with Gasteiger partial charge in [-0.2, -0.15) is 0 Å². The van der Waals surface area contributed by atoms with Crippen molar-refractivity contribution in [1.82, 2.24) is 10.4 Å². The minimum absolute atomic E-state index is 0.230. The third-order valence-corrected chi connectivity index (χ3v) is 4.54. The predicted octanol–water partition coefficient (Wildman–Crippen LogP) is 0.832. The summed E-state index contributed by atoms with van der Waals surface area (Å²) in [6.45, 7) is 0. The fraction of sp³-hybridized carbons (Fsp3) is 0.286. The highest BCUT2D eigenvalue weighted by molar-refractivity contribution is 7.92. The number of hydrogen-bond donors (Lipinski definition) is 3. The lowest BCUT2D eigenvalue weighted by Crippen LogP contribution is -2.31. The zero-order valence-corrected chi connectivity index (χ0v) is 14.2. The molecule has 0 atom stereocenters. The summed E-state index contributed by atoms with van der Waals surface area (Å²) >= 11 is 1.27. The molecule has 23 heavy (non-hydrogen) atoms. The van der Waals surface area contributed by atoms with Crippen molar-refractivity contribution >= 4 is 32.4 Å². The van der Waals surface area contributed by atoms with Gasteiger partial charge in [0.15, 0.2) is 5.13 Å². The van der Waals surface area contributed by atoms with Gasteiger partial charge in [0.25, 0.3) is 0 Å². The van der Waals surface area contributed by atoms with Crippen molar-refractivity contribution in [2.45, 2.75) is 19.3 Å². The van der Waals surface area contributed by atoms with E-state index in [9.17, 15) is 13.2 Å². The molecule has 9 heteroatoms. The van der Waals surface area contributed by atoms with E-state index in [1.54, 1.807) is 0 Å². The van der Waals surface area contributed by atoms with Crippen LogP contribution in [-0.2, 0) is 34.1 Å². The van der Waals surface area contributed by atoms with Crippen LogP contribution in [0.1, 0.15) is 16.8 Å². The number of amides is 1. The van der Waals surface area contributed by atoms with Crippen molar-refractivity contribution in [1.29, 1.82) is 0 Å². The summed E-state index contributed by atoms with van der Waals surface area (Å²) in [5.74, 6) is 4.82. The number of nitrogens with two attached hydrogens (primary N) is 1. The molecule has 1 amide bonds. The predicted molar refractivity (Wildman–Crippen MR) is 90.5 cm³/mol. The van der Waals surface area contributed by atoms with Crippen LogP contribution < -0.4 is 16.0 Å². The van der Waals surface area contributed by atoms with Crippen LogP contribution in [0.5, 0.6) is 0 Å². The Morgan fingerprint density at radius 3 is 2.48 bits per heavy atom. The molecule has 0 bridgehead atoms. The molecule has 0 saturated carbocycles. The van der Waals surface area contributed by atoms with E-state index >= 15 is 0 Å². The van der Waals surface area contributed by atoms with E-state index in [0.29, 0.717) is 11.6 Å². The molecule has 4 N–H and O–H groups in total. The molecular weight excluding hydrogens is 336 g/mol. The summed E-state index contributed by atoms with van der Waals surface area (Å²) in [4.78, 5) is 15.4. The Bertz CT molecular complexity index is 770. The maximum Gasteiger partial charge on any atom is 0.238 e. The molecule has 2 aromatic rings. The Morgan fingerprint density at radius 1 is 1.22 bits per heavy atom. The quantitative estimate of drug-likeness (QED) is 0.387. The van der Waals surface area contributed by atoms with E-state index < -0.39 is 10.0 Å². The van der Waals surface area contributed by atoms with Gasteiger partial charge in [-0.25, -0.2) is 19.2 Å². The Balaban J connectivity index is 1.89. The normalized spacial score (nSPS) is 11.2. The van der Waals surface area contributed by atoms with E-state index in [0.717, 1.165) is 29.5 Å². The van der Waals surface area contributed by atoms with Gasteiger partial charge in [-0.15, -0.1) is 11.3 Å². The lowest BCUT2D eigenvalue weighted by atomic mass is 10.0. The number of benzene rings is 1. The Hall–Kier alpha value is -1.97. The van der Waals surface area contributed by atoms with Crippen LogP contribution in [0.15, 0.2) is 29.6 Å². The maximum atomic E-state index is 11.2. The van der Waals surface area contributed by atoms with Crippen LogP contribution >= 0.6 is 11.3 Å². The largest absolute Gasteiger partial charge is 0.294 e. The van der Waals surface area contributed by atoms with Crippen molar-refractivity contribution in [3.05, 3.63) is 46.5 Å². The standard InChI is InChI=1S/C14H18N4O3S2/c1-23(20,21)18-14-16-12(9-22-14)7-6-10-2-4-11(5-3-10)8-13(19)17-15/h2-5,9H,6-8,15H2,1H3,(H,16,18)(H,17,19). The number of thiazole rings is 1. The molecule has 0 aliphatic heterocycles. The van der Waals surface area contributed by atoms with Crippen molar-refractivity contribution in [2.24, 2.45) is 5.84 Å². The van der Waals surface area contributed by atoms with E-state index in [-0.39, 0.29) is 12.3 Å². The first-order valence-corrected chi connectivity index (χ1v) is 9.62. The van der Waals surface area contributed by atoms with Gasteiger partial charge in [-0.1, -0.05) is 24.3 Å². The van der Waals surface area contributed by atoms with Crippen molar-refractivity contribution in [3.8, 4) is 0 Å². The average molecular weight is 354 g/mol. The number of anilines is 1. The maximum absolute atomic E-state index is 11.2. The number of rotatable bonds is 7. The van der Waals surface area contributed by atoms with Gasteiger partial charge in [-0.05, 0) is 24.0 Å². The lowest BCUT2D eigenvalue weighted by molar-refractivity contribution is -0.120. The van der Waals surface area contributed by atoms with Gasteiger partial charge in [0.2, 0.25) is 15.9 Å². The first-order chi connectivity index (χ1) is 10.9. The Labute approximate surface area is 139 Å². The molecular formula is C14H18N4O3S2. The van der Waals surface area contributed by atoms with Crippen LogP contribution in [0.3, 0.4) is 0 Å². The summed E-state index contributed by atoms with van der Waals surface area (Å²) in [7, 11) is -3.29. The zero-order valence-electron chi connectivity index (χ0n) is 12.6. The van der Waals surface area contributed by atoms with Crippen molar-refractivity contribution in [2.75, 3.05) is 11.0 Å². The molecule has 0 aliphatic carbocycles. The highest BCUT2D eigenvalue weighted by Gasteiger charge is 2.07. The molecule has 0 aliphatic rings. The van der Waals surface area contributed by atoms with Crippen LogP contribution in [0.2, 0.25) is 0 Å². The molecule has 2 rings (SSSR count). The van der Waals surface area contributed by atoms with Crippen LogP contribution in [0.25, 0.3) is 0 Å². The van der Waals surface area contributed by atoms with E-state index in [1.807, 2.05) is 29.6 Å². The zero-order chi connectivity index (χ0) is 16.9. The third-order valence-electron chi connectivity index (χ3n) is 3.04. The Kier molecular flexibility index (Phi) is 5.69. The molecule has 1 heterocycles. The summed E-state index contributed by atoms with van der Waals surface area (Å²) in [5, 5.41) is 2.22. The monoisotopic (exact) mass is 354 g/mol. The first-order valence-electron chi connectivity index (χ1n) is 6.85. The number of aryl methyl sites for hydroxylation is 2. The van der Waals surface area contributed by atoms with Gasteiger partial charge >= 0.3 is 0 Å². The highest BCUT2D eigenvalue weighted by Crippen LogP contribution is 2.18. The number of carbonyl (C=O) groups is 1. The molecule has 7 nitrogen and oxygen atoms in total. The summed E-state index contributed by atoms with van der Waals surface area (Å²) in [6.07, 6.45) is 2.85. The van der Waals surface area contributed by atoms with Gasteiger partial charge < -0.3 is 0 Å². The smallest absolute Gasteiger partial charge is 0.238 e. The number of hydrogen-bond acceptors (Lipinski definition) is 6. The minimum atomic E-state index is -3.29. The van der Waals surface area contributed by atoms with Gasteiger partial charge in [0.1, 0.15) is 0 Å². The second kappa shape index (κ2) is 7.53. The number of hydrazine groups is 1. The van der Waals surface area contributed by atoms with E-state index in [2.05, 4.69) is 15.1 Å². The second-order valence-corrected chi connectivity index (χ2v) is 7.69. The summed E-state index contributed by atoms with van der Waals surface area (Å²) in [5.41, 5.74) is 4.95. The molecule has 0 fully saturated rings. The van der Waals surface area contributed by atoms with Crippen molar-refractivity contribution < 1.29 is 13.2 Å². The topological polar surface area (TPSA) is 114 Å². The van der Waals surface area contributed by atoms with Gasteiger partial charge in [0, 0.05) is 5.38 Å². The van der Waals surface area contributed by atoms with Gasteiger partial charge in [0.05, 0.1) is 18.4 Å². The Morgan fingerprint density at radius 2 is 1.87 bits per heavy atom. The number of carbonyl (C=O) groups excluding carboxylic acids is 1. The highest BCUT2D eigenvalue weighted by atomic mass is 32.2. The fourth-order valence-corrected chi connectivity index (χ4v) is 3.56. The first kappa shape index (κ1) is 17.4. The molecule has 0 radical (unpaired) electrons. The molecule has 1 aromatic heterocycles. The SMILES string of the molecule is CS(=O)(=O)Nc1nc(CCc2ccc(CC(=O)NN)cc2)cs1. The van der Waals surface area contributed by atoms with Gasteiger partial charge in [-0.3, -0.25) is 14.9 Å². The number of aromatic nitrogens is 1. The van der Waals surface area contributed by atoms with Crippen LogP contribution in [-0.4, -0.2) is 25.6 Å². The fourth-order valence-electron chi connectivity index (χ4n) is 1.96. The average Bonchev–Trinajstić information content (AvgIpc) is 2.92. The van der Waals surface area contributed by atoms with E-state index in [1.165, 1.54) is 11.3 Å². The number of nitrogens with zero attached hydrogens (tertiary/aromatic N) is 1.